The summed E-state index contributed by atoms with van der Waals surface area (Å²) >= 11 is 0. The predicted molar refractivity (Wildman–Crippen MR) is 163 cm³/mol. The van der Waals surface area contributed by atoms with E-state index < -0.39 is 21.9 Å². The summed E-state index contributed by atoms with van der Waals surface area (Å²) in [4.78, 5) is 27.5. The summed E-state index contributed by atoms with van der Waals surface area (Å²) in [6, 6.07) is 24.3. The van der Waals surface area contributed by atoms with Crippen LogP contribution >= 0.6 is 0 Å². The van der Waals surface area contributed by atoms with Crippen molar-refractivity contribution >= 4 is 22.0 Å². The molecule has 4 heterocycles. The molecule has 0 N–H and O–H groups in total. The number of rotatable bonds is 11. The Morgan fingerprint density at radius 3 is 2.32 bits per heavy atom. The molecule has 4 aliphatic heterocycles. The van der Waals surface area contributed by atoms with E-state index in [9.17, 15) is 18.0 Å². The van der Waals surface area contributed by atoms with Gasteiger partial charge in [0.15, 0.2) is 0 Å². The number of hydrogen-bond acceptors (Lipinski definition) is 8. The lowest BCUT2D eigenvalue weighted by molar-refractivity contribution is -0.159. The lowest BCUT2D eigenvalue weighted by Crippen LogP contribution is -2.53. The highest BCUT2D eigenvalue weighted by atomic mass is 32.2. The fourth-order valence-electron chi connectivity index (χ4n) is 6.42. The molecule has 4 fully saturated rings. The number of ether oxygens (including phenoxy) is 3. The molecule has 3 aromatic carbocycles. The number of carbonyl (C=O) groups excluding carboxylic acids is 2. The van der Waals surface area contributed by atoms with Crippen LogP contribution in [0.5, 0.6) is 5.75 Å². The van der Waals surface area contributed by atoms with Crippen LogP contribution in [-0.2, 0) is 35.7 Å². The quantitative estimate of drug-likeness (QED) is 0.295. The van der Waals surface area contributed by atoms with Gasteiger partial charge in [0.05, 0.1) is 24.3 Å². The number of piperidine rings is 3. The minimum atomic E-state index is -3.73. The van der Waals surface area contributed by atoms with Gasteiger partial charge in [0.1, 0.15) is 18.5 Å². The van der Waals surface area contributed by atoms with Crippen LogP contribution in [0.15, 0.2) is 83.8 Å². The van der Waals surface area contributed by atoms with Crippen molar-refractivity contribution in [3.8, 4) is 5.75 Å². The zero-order valence-electron chi connectivity index (χ0n) is 24.8. The Labute approximate surface area is 258 Å². The molecule has 3 aromatic rings. The lowest BCUT2D eigenvalue weighted by atomic mass is 9.85. The fraction of sp³-hybridized carbons (Fsp3) is 0.412. The maximum Gasteiger partial charge on any atom is 0.311 e. The SMILES string of the molecule is COC(=O)C1CN(S(=O)(=O)c2cccc(COc3cccc([C@@H](CC(=O)O[C@H]4CN5CCC4CC5)c4ccccc4)c3)c2)C1. The number of sulfonamides is 1. The molecule has 4 saturated heterocycles. The van der Waals surface area contributed by atoms with Gasteiger partial charge in [-0.15, -0.1) is 0 Å². The second-order valence-electron chi connectivity index (χ2n) is 11.9. The molecule has 4 aliphatic rings. The van der Waals surface area contributed by atoms with Crippen LogP contribution < -0.4 is 4.74 Å². The van der Waals surface area contributed by atoms with Crippen LogP contribution in [0.4, 0.5) is 0 Å². The van der Waals surface area contributed by atoms with E-state index >= 15 is 0 Å². The third-order valence-corrected chi connectivity index (χ3v) is 10.9. The molecule has 0 saturated carbocycles. The van der Waals surface area contributed by atoms with Gasteiger partial charge < -0.3 is 14.2 Å². The first-order valence-electron chi connectivity index (χ1n) is 15.2. The highest BCUT2D eigenvalue weighted by Crippen LogP contribution is 2.34. The number of benzene rings is 3. The minimum Gasteiger partial charge on any atom is -0.489 e. The second kappa shape index (κ2) is 13.1. The average Bonchev–Trinajstić information content (AvgIpc) is 3.03. The van der Waals surface area contributed by atoms with Crippen LogP contribution in [-0.4, -0.2) is 75.5 Å². The number of hydrogen-bond donors (Lipinski definition) is 0. The number of methoxy groups -OCH3 is 1. The van der Waals surface area contributed by atoms with E-state index in [4.69, 9.17) is 14.2 Å². The van der Waals surface area contributed by atoms with E-state index in [1.165, 1.54) is 11.4 Å². The summed E-state index contributed by atoms with van der Waals surface area (Å²) in [5.74, 6) is -0.163. The van der Waals surface area contributed by atoms with Gasteiger partial charge in [-0.05, 0) is 72.8 Å². The molecule has 7 rings (SSSR count). The Hall–Kier alpha value is -3.73. The summed E-state index contributed by atoms with van der Waals surface area (Å²) in [6.45, 7) is 3.39. The summed E-state index contributed by atoms with van der Waals surface area (Å²) in [7, 11) is -2.43. The topological polar surface area (TPSA) is 102 Å². The maximum absolute atomic E-state index is 13.2. The van der Waals surface area contributed by atoms with Gasteiger partial charge >= 0.3 is 11.9 Å². The van der Waals surface area contributed by atoms with Crippen molar-refractivity contribution in [3.63, 3.8) is 0 Å². The Morgan fingerprint density at radius 2 is 1.61 bits per heavy atom. The minimum absolute atomic E-state index is 0.0361. The molecule has 2 atom stereocenters. The molecule has 0 aliphatic carbocycles. The van der Waals surface area contributed by atoms with Crippen LogP contribution in [0.3, 0.4) is 0 Å². The summed E-state index contributed by atoms with van der Waals surface area (Å²) in [5, 5.41) is 0. The van der Waals surface area contributed by atoms with Crippen LogP contribution in [0, 0.1) is 11.8 Å². The van der Waals surface area contributed by atoms with Gasteiger partial charge in [-0.3, -0.25) is 14.5 Å². The van der Waals surface area contributed by atoms with Crippen LogP contribution in [0.1, 0.15) is 41.9 Å². The standard InChI is InChI=1S/C34H38N2O7S/c1-41-34(38)28-20-36(21-28)44(39,40)30-12-5-7-24(17-30)23-42-29-11-6-10-27(18-29)31(25-8-3-2-4-9-25)19-33(37)43-32-22-35-15-13-26(32)14-16-35/h2-12,17-18,26,28,31-32H,13-16,19-23H2,1H3/t31-,32-/m0/s1. The third-order valence-electron chi connectivity index (χ3n) is 9.04. The largest absolute Gasteiger partial charge is 0.489 e. The molecule has 0 unspecified atom stereocenters. The van der Waals surface area contributed by atoms with Crippen LogP contribution in [0.25, 0.3) is 0 Å². The monoisotopic (exact) mass is 618 g/mol. The second-order valence-corrected chi connectivity index (χ2v) is 13.8. The van der Waals surface area contributed by atoms with Gasteiger partial charge in [0.2, 0.25) is 10.0 Å². The Morgan fingerprint density at radius 1 is 0.886 bits per heavy atom. The van der Waals surface area contributed by atoms with Crippen LogP contribution in [0.2, 0.25) is 0 Å². The van der Waals surface area contributed by atoms with Crippen molar-refractivity contribution in [2.24, 2.45) is 11.8 Å². The molecule has 0 amide bonds. The van der Waals surface area contributed by atoms with Gasteiger partial charge in [0, 0.05) is 25.6 Å². The number of nitrogens with zero attached hydrogens (tertiary/aromatic N) is 2. The van der Waals surface area contributed by atoms with Crippen molar-refractivity contribution in [3.05, 3.63) is 95.6 Å². The van der Waals surface area contributed by atoms with Gasteiger partial charge in [-0.2, -0.15) is 4.31 Å². The first-order chi connectivity index (χ1) is 21.3. The molecule has 232 valence electrons. The third kappa shape index (κ3) is 6.67. The van der Waals surface area contributed by atoms with Crippen molar-refractivity contribution in [1.29, 1.82) is 0 Å². The van der Waals surface area contributed by atoms with E-state index in [0.717, 1.165) is 43.6 Å². The predicted octanol–water partition coefficient (Wildman–Crippen LogP) is 4.22. The Balaban J connectivity index is 1.13. The molecule has 9 nitrogen and oxygen atoms in total. The van der Waals surface area contributed by atoms with E-state index in [2.05, 4.69) is 4.90 Å². The normalized spacial score (nSPS) is 22.5. The molecule has 2 bridgehead atoms. The summed E-state index contributed by atoms with van der Waals surface area (Å²) < 4.78 is 44.3. The molecular weight excluding hydrogens is 580 g/mol. The highest BCUT2D eigenvalue weighted by Gasteiger charge is 2.41. The van der Waals surface area contributed by atoms with E-state index in [-0.39, 0.29) is 49.0 Å². The zero-order valence-corrected chi connectivity index (χ0v) is 25.7. The maximum atomic E-state index is 13.2. The van der Waals surface area contributed by atoms with Crippen molar-refractivity contribution in [1.82, 2.24) is 9.21 Å². The number of carbonyl (C=O) groups is 2. The smallest absolute Gasteiger partial charge is 0.311 e. The molecule has 0 aromatic heterocycles. The summed E-state index contributed by atoms with van der Waals surface area (Å²) in [5.41, 5.74) is 2.66. The lowest BCUT2D eigenvalue weighted by Gasteiger charge is -2.44. The van der Waals surface area contributed by atoms with Crippen molar-refractivity contribution in [2.75, 3.05) is 39.8 Å². The van der Waals surface area contributed by atoms with Crippen molar-refractivity contribution < 1.29 is 32.2 Å². The number of fused-ring (bicyclic) bond motifs is 3. The van der Waals surface area contributed by atoms with Gasteiger partial charge in [-0.25, -0.2) is 8.42 Å². The van der Waals surface area contributed by atoms with Gasteiger partial charge in [0.25, 0.3) is 0 Å². The molecule has 10 heteroatoms. The zero-order chi connectivity index (χ0) is 30.7. The van der Waals surface area contributed by atoms with Gasteiger partial charge in [-0.1, -0.05) is 54.6 Å². The molecular formula is C34H38N2O7S. The first-order valence-corrected chi connectivity index (χ1v) is 16.6. The Bertz CT molecular complexity index is 1580. The molecule has 0 spiro atoms. The fourth-order valence-corrected chi connectivity index (χ4v) is 8.03. The van der Waals surface area contributed by atoms with E-state index in [1.807, 2.05) is 60.7 Å². The first kappa shape index (κ1) is 30.3. The molecule has 0 radical (unpaired) electrons. The number of esters is 2. The van der Waals surface area contributed by atoms with Crippen molar-refractivity contribution in [2.45, 2.75) is 42.8 Å². The summed E-state index contributed by atoms with van der Waals surface area (Å²) in [6.07, 6.45) is 2.36. The van der Waals surface area contributed by atoms with E-state index in [1.54, 1.807) is 18.2 Å². The molecule has 44 heavy (non-hydrogen) atoms. The highest BCUT2D eigenvalue weighted by molar-refractivity contribution is 7.89. The van der Waals surface area contributed by atoms with E-state index in [0.29, 0.717) is 17.2 Å². The average molecular weight is 619 g/mol. The Kier molecular flexibility index (Phi) is 9.02.